The summed E-state index contributed by atoms with van der Waals surface area (Å²) in [6, 6.07) is 0. The van der Waals surface area contributed by atoms with Gasteiger partial charge in [0, 0.05) is 17.8 Å². The van der Waals surface area contributed by atoms with E-state index in [1.165, 1.54) is 4.31 Å². The average Bonchev–Trinajstić information content (AvgIpc) is 2.59. The molecule has 0 saturated carbocycles. The summed E-state index contributed by atoms with van der Waals surface area (Å²) in [4.78, 5) is 11.8. The van der Waals surface area contributed by atoms with Crippen molar-refractivity contribution in [2.75, 3.05) is 6.54 Å². The molecule has 0 bridgehead atoms. The summed E-state index contributed by atoms with van der Waals surface area (Å²) in [6.45, 7) is 1.21. The quantitative estimate of drug-likeness (QED) is 0.687. The van der Waals surface area contributed by atoms with Crippen LogP contribution < -0.4 is 0 Å². The highest BCUT2D eigenvalue weighted by atomic mass is 32.1. The molecule has 0 atom stereocenters. The predicted octanol–water partition coefficient (Wildman–Crippen LogP) is 1.81. The minimum absolute atomic E-state index is 0.216. The summed E-state index contributed by atoms with van der Waals surface area (Å²) < 4.78 is 17.3. The lowest BCUT2D eigenvalue weighted by Gasteiger charge is -2.25. The fourth-order valence-electron chi connectivity index (χ4n) is 2.69. The maximum atomic E-state index is 14.1. The molecule has 0 fully saturated rings. The predicted molar refractivity (Wildman–Crippen MR) is 61.1 cm³/mol. The summed E-state index contributed by atoms with van der Waals surface area (Å²) in [6.07, 6.45) is 3.77. The standard InChI is InChI=1S/C11H13FN2OS/c12-9-7-3-1-2-4-8(7)13-5-6-14(16)11(15)10(9)13/h16H,1-6H2. The van der Waals surface area contributed by atoms with Crippen molar-refractivity contribution >= 4 is 18.7 Å². The Morgan fingerprint density at radius 2 is 1.94 bits per heavy atom. The first-order chi connectivity index (χ1) is 7.70. The van der Waals surface area contributed by atoms with Crippen LogP contribution in [-0.4, -0.2) is 21.3 Å². The molecule has 2 heterocycles. The second kappa shape index (κ2) is 3.52. The molecule has 3 rings (SSSR count). The first-order valence-electron chi connectivity index (χ1n) is 5.60. The zero-order valence-electron chi connectivity index (χ0n) is 8.87. The van der Waals surface area contributed by atoms with Gasteiger partial charge in [0.25, 0.3) is 5.91 Å². The molecule has 86 valence electrons. The fraction of sp³-hybridized carbons (Fsp3) is 0.545. The summed E-state index contributed by atoms with van der Waals surface area (Å²) in [5.41, 5.74) is 2.01. The van der Waals surface area contributed by atoms with Crippen molar-refractivity contribution in [3.63, 3.8) is 0 Å². The van der Waals surface area contributed by atoms with Crippen LogP contribution in [0.3, 0.4) is 0 Å². The molecule has 0 N–H and O–H groups in total. The summed E-state index contributed by atoms with van der Waals surface area (Å²) in [7, 11) is 0. The van der Waals surface area contributed by atoms with E-state index >= 15 is 0 Å². The molecule has 1 amide bonds. The van der Waals surface area contributed by atoms with Gasteiger partial charge in [0.1, 0.15) is 5.69 Å². The Balaban J connectivity index is 2.20. The van der Waals surface area contributed by atoms with E-state index in [-0.39, 0.29) is 17.4 Å². The number of nitrogens with zero attached hydrogens (tertiary/aromatic N) is 2. The lowest BCUT2D eigenvalue weighted by atomic mass is 9.97. The molecule has 0 spiro atoms. The largest absolute Gasteiger partial charge is 0.336 e. The third kappa shape index (κ3) is 1.24. The minimum atomic E-state index is -0.307. The summed E-state index contributed by atoms with van der Waals surface area (Å²) >= 11 is 4.05. The smallest absolute Gasteiger partial charge is 0.283 e. The number of carbonyl (C=O) groups excluding carboxylic acids is 1. The van der Waals surface area contributed by atoms with Crippen LogP contribution in [0.4, 0.5) is 4.39 Å². The average molecular weight is 240 g/mol. The highest BCUT2D eigenvalue weighted by Gasteiger charge is 2.33. The third-order valence-corrected chi connectivity index (χ3v) is 3.86. The molecule has 0 aromatic carbocycles. The Morgan fingerprint density at radius 1 is 1.19 bits per heavy atom. The van der Waals surface area contributed by atoms with E-state index < -0.39 is 0 Å². The van der Waals surface area contributed by atoms with Gasteiger partial charge >= 0.3 is 0 Å². The van der Waals surface area contributed by atoms with Gasteiger partial charge in [-0.2, -0.15) is 0 Å². The van der Waals surface area contributed by atoms with Crippen LogP contribution in [0.15, 0.2) is 0 Å². The fourth-order valence-corrected chi connectivity index (χ4v) is 2.88. The van der Waals surface area contributed by atoms with Gasteiger partial charge in [-0.25, -0.2) is 4.39 Å². The molecule has 2 aliphatic rings. The summed E-state index contributed by atoms with van der Waals surface area (Å²) in [5.74, 6) is -0.611. The Kier molecular flexibility index (Phi) is 2.24. The number of rotatable bonds is 0. The van der Waals surface area contributed by atoms with E-state index in [0.29, 0.717) is 13.1 Å². The zero-order chi connectivity index (χ0) is 11.3. The number of carbonyl (C=O) groups is 1. The first-order valence-corrected chi connectivity index (χ1v) is 6.00. The van der Waals surface area contributed by atoms with Crippen LogP contribution >= 0.6 is 12.8 Å². The molecule has 1 aromatic heterocycles. The van der Waals surface area contributed by atoms with Crippen LogP contribution in [0.25, 0.3) is 0 Å². The number of hydrogen-bond acceptors (Lipinski definition) is 2. The second-order valence-electron chi connectivity index (χ2n) is 4.37. The van der Waals surface area contributed by atoms with E-state index in [2.05, 4.69) is 12.8 Å². The van der Waals surface area contributed by atoms with Crippen molar-refractivity contribution in [1.29, 1.82) is 0 Å². The molecular weight excluding hydrogens is 227 g/mol. The summed E-state index contributed by atoms with van der Waals surface area (Å²) in [5, 5.41) is 0. The Hall–Kier alpha value is -0.970. The maximum Gasteiger partial charge on any atom is 0.283 e. The molecular formula is C11H13FN2OS. The topological polar surface area (TPSA) is 25.2 Å². The van der Waals surface area contributed by atoms with Crippen LogP contribution in [0.1, 0.15) is 34.6 Å². The van der Waals surface area contributed by atoms with E-state index in [9.17, 15) is 9.18 Å². The molecule has 5 heteroatoms. The highest BCUT2D eigenvalue weighted by Crippen LogP contribution is 2.31. The molecule has 0 saturated heterocycles. The second-order valence-corrected chi connectivity index (χ2v) is 4.86. The molecule has 16 heavy (non-hydrogen) atoms. The lowest BCUT2D eigenvalue weighted by molar-refractivity contribution is 0.0831. The first kappa shape index (κ1) is 10.2. The van der Waals surface area contributed by atoms with Crippen LogP contribution in [-0.2, 0) is 19.4 Å². The van der Waals surface area contributed by atoms with Crippen molar-refractivity contribution in [2.24, 2.45) is 0 Å². The molecule has 1 aliphatic heterocycles. The van der Waals surface area contributed by atoms with E-state index in [4.69, 9.17) is 0 Å². The monoisotopic (exact) mass is 240 g/mol. The van der Waals surface area contributed by atoms with Gasteiger partial charge in [0.15, 0.2) is 5.82 Å². The van der Waals surface area contributed by atoms with Crippen molar-refractivity contribution in [1.82, 2.24) is 8.87 Å². The third-order valence-electron chi connectivity index (χ3n) is 3.48. The number of fused-ring (bicyclic) bond motifs is 3. The van der Waals surface area contributed by atoms with Crippen LogP contribution in [0.5, 0.6) is 0 Å². The molecule has 0 radical (unpaired) electrons. The highest BCUT2D eigenvalue weighted by molar-refractivity contribution is 7.78. The van der Waals surface area contributed by atoms with E-state index in [1.807, 2.05) is 4.57 Å². The lowest BCUT2D eigenvalue weighted by Crippen LogP contribution is -2.34. The number of halogens is 1. The van der Waals surface area contributed by atoms with Crippen molar-refractivity contribution < 1.29 is 9.18 Å². The number of hydrogen-bond donors (Lipinski definition) is 1. The molecule has 1 aromatic rings. The number of aromatic nitrogens is 1. The molecule has 1 aliphatic carbocycles. The Morgan fingerprint density at radius 3 is 2.75 bits per heavy atom. The van der Waals surface area contributed by atoms with Crippen LogP contribution in [0, 0.1) is 5.82 Å². The zero-order valence-corrected chi connectivity index (χ0v) is 9.76. The van der Waals surface area contributed by atoms with Gasteiger partial charge in [-0.3, -0.25) is 9.10 Å². The molecule has 0 unspecified atom stereocenters. The number of amides is 1. The van der Waals surface area contributed by atoms with E-state index in [0.717, 1.165) is 36.9 Å². The number of thiol groups is 1. The van der Waals surface area contributed by atoms with Gasteiger partial charge in [0.05, 0.1) is 6.54 Å². The van der Waals surface area contributed by atoms with Crippen molar-refractivity contribution in [3.8, 4) is 0 Å². The van der Waals surface area contributed by atoms with Gasteiger partial charge in [-0.1, -0.05) is 12.8 Å². The van der Waals surface area contributed by atoms with Crippen molar-refractivity contribution in [3.05, 3.63) is 22.8 Å². The van der Waals surface area contributed by atoms with Gasteiger partial charge in [0.2, 0.25) is 0 Å². The SMILES string of the molecule is O=C1c2c(F)c3c(n2CCN1S)CCCC3. The maximum absolute atomic E-state index is 14.1. The van der Waals surface area contributed by atoms with Gasteiger partial charge < -0.3 is 4.57 Å². The minimum Gasteiger partial charge on any atom is -0.336 e. The van der Waals surface area contributed by atoms with Gasteiger partial charge in [-0.15, -0.1) is 0 Å². The van der Waals surface area contributed by atoms with Gasteiger partial charge in [-0.05, 0) is 25.7 Å². The molecule has 3 nitrogen and oxygen atoms in total. The van der Waals surface area contributed by atoms with Crippen LogP contribution in [0.2, 0.25) is 0 Å². The van der Waals surface area contributed by atoms with Crippen molar-refractivity contribution in [2.45, 2.75) is 32.2 Å². The Bertz CT molecular complexity index is 469. The normalized spacial score (nSPS) is 19.6. The Labute approximate surface area is 98.8 Å². The van der Waals surface area contributed by atoms with E-state index in [1.54, 1.807) is 0 Å².